The van der Waals surface area contributed by atoms with Crippen molar-refractivity contribution in [2.75, 3.05) is 5.32 Å². The normalized spacial score (nSPS) is 21.4. The van der Waals surface area contributed by atoms with E-state index in [1.807, 2.05) is 18.2 Å². The Bertz CT molecular complexity index is 771. The Morgan fingerprint density at radius 2 is 2.12 bits per heavy atom. The molecule has 1 aliphatic carbocycles. The second-order valence-corrected chi connectivity index (χ2v) is 7.07. The molecule has 0 aliphatic heterocycles. The van der Waals surface area contributed by atoms with Crippen molar-refractivity contribution in [2.24, 2.45) is 11.8 Å². The van der Waals surface area contributed by atoms with Gasteiger partial charge in [0.1, 0.15) is 6.10 Å². The molecule has 3 atom stereocenters. The van der Waals surface area contributed by atoms with Crippen LogP contribution in [0, 0.1) is 11.8 Å². The van der Waals surface area contributed by atoms with E-state index in [2.05, 4.69) is 20.8 Å². The summed E-state index contributed by atoms with van der Waals surface area (Å²) in [5, 5.41) is 23.4. The lowest BCUT2D eigenvalue weighted by atomic mass is 10.1. The van der Waals surface area contributed by atoms with Gasteiger partial charge in [-0.2, -0.15) is 5.10 Å². The number of hydrogen-bond donors (Lipinski definition) is 4. The van der Waals surface area contributed by atoms with E-state index in [0.29, 0.717) is 6.42 Å². The molecule has 1 saturated carbocycles. The van der Waals surface area contributed by atoms with Crippen LogP contribution < -0.4 is 10.6 Å². The summed E-state index contributed by atoms with van der Waals surface area (Å²) in [6.07, 6.45) is 2.77. The van der Waals surface area contributed by atoms with Gasteiger partial charge in [0, 0.05) is 23.0 Å². The standard InChI is InChI=1S/C18H24N4O3/c1-10(2)16(23)18(25)21-13-4-3-11(7-13)17(24)20-14-5-6-15-12(8-14)9-19-22-15/h5-6,8-11,13,16,23H,3-4,7H2,1-2H3,(H,19,22)(H,20,24)(H,21,25)/t11-,13+,16-/m1/s1. The highest BCUT2D eigenvalue weighted by molar-refractivity contribution is 5.95. The molecule has 0 radical (unpaired) electrons. The van der Waals surface area contributed by atoms with Gasteiger partial charge in [-0.15, -0.1) is 0 Å². The Morgan fingerprint density at radius 3 is 2.88 bits per heavy atom. The first-order chi connectivity index (χ1) is 11.9. The van der Waals surface area contributed by atoms with E-state index in [1.165, 1.54) is 0 Å². The van der Waals surface area contributed by atoms with Crippen LogP contribution in [-0.2, 0) is 9.59 Å². The summed E-state index contributed by atoms with van der Waals surface area (Å²) < 4.78 is 0. The number of nitrogens with one attached hydrogen (secondary N) is 3. The highest BCUT2D eigenvalue weighted by Crippen LogP contribution is 2.27. The molecule has 1 aromatic heterocycles. The van der Waals surface area contributed by atoms with Crippen LogP contribution in [0.3, 0.4) is 0 Å². The highest BCUT2D eigenvalue weighted by atomic mass is 16.3. The van der Waals surface area contributed by atoms with Crippen molar-refractivity contribution in [3.05, 3.63) is 24.4 Å². The zero-order valence-corrected chi connectivity index (χ0v) is 14.5. The molecule has 0 unspecified atom stereocenters. The minimum absolute atomic E-state index is 0.0380. The van der Waals surface area contributed by atoms with Crippen LogP contribution in [0.4, 0.5) is 5.69 Å². The largest absolute Gasteiger partial charge is 0.383 e. The molecule has 1 heterocycles. The first-order valence-electron chi connectivity index (χ1n) is 8.66. The number of fused-ring (bicyclic) bond motifs is 1. The van der Waals surface area contributed by atoms with Crippen LogP contribution >= 0.6 is 0 Å². The van der Waals surface area contributed by atoms with E-state index in [-0.39, 0.29) is 29.7 Å². The number of aromatic nitrogens is 2. The van der Waals surface area contributed by atoms with Gasteiger partial charge in [0.2, 0.25) is 11.8 Å². The van der Waals surface area contributed by atoms with E-state index in [4.69, 9.17) is 0 Å². The van der Waals surface area contributed by atoms with Gasteiger partial charge in [-0.1, -0.05) is 13.8 Å². The summed E-state index contributed by atoms with van der Waals surface area (Å²) >= 11 is 0. The fourth-order valence-corrected chi connectivity index (χ4v) is 3.20. The summed E-state index contributed by atoms with van der Waals surface area (Å²) in [6, 6.07) is 5.53. The number of rotatable bonds is 5. The van der Waals surface area contributed by atoms with Gasteiger partial charge in [-0.25, -0.2) is 0 Å². The van der Waals surface area contributed by atoms with Crippen molar-refractivity contribution in [3.63, 3.8) is 0 Å². The van der Waals surface area contributed by atoms with Gasteiger partial charge < -0.3 is 15.7 Å². The van der Waals surface area contributed by atoms with Crippen LogP contribution in [0.5, 0.6) is 0 Å². The van der Waals surface area contributed by atoms with Crippen molar-refractivity contribution < 1.29 is 14.7 Å². The second kappa shape index (κ2) is 7.23. The summed E-state index contributed by atoms with van der Waals surface area (Å²) in [4.78, 5) is 24.4. The number of aromatic amines is 1. The number of hydrogen-bond acceptors (Lipinski definition) is 4. The van der Waals surface area contributed by atoms with E-state index in [1.54, 1.807) is 20.0 Å². The molecule has 4 N–H and O–H groups in total. The fourth-order valence-electron chi connectivity index (χ4n) is 3.20. The molecular formula is C18H24N4O3. The molecule has 0 spiro atoms. The number of anilines is 1. The van der Waals surface area contributed by atoms with Crippen molar-refractivity contribution in [1.82, 2.24) is 15.5 Å². The number of H-pyrrole nitrogens is 1. The minimum Gasteiger partial charge on any atom is -0.383 e. The number of benzene rings is 1. The number of aliphatic hydroxyl groups excluding tert-OH is 1. The van der Waals surface area contributed by atoms with Crippen molar-refractivity contribution >= 4 is 28.4 Å². The third kappa shape index (κ3) is 3.99. The van der Waals surface area contributed by atoms with Crippen LogP contribution in [-0.4, -0.2) is 39.3 Å². The Hall–Kier alpha value is -2.41. The monoisotopic (exact) mass is 344 g/mol. The molecule has 3 rings (SSSR count). The molecule has 25 heavy (non-hydrogen) atoms. The van der Waals surface area contributed by atoms with E-state index in [0.717, 1.165) is 29.4 Å². The molecule has 134 valence electrons. The van der Waals surface area contributed by atoms with Gasteiger partial charge in [0.05, 0.1) is 11.7 Å². The van der Waals surface area contributed by atoms with Gasteiger partial charge in [0.25, 0.3) is 0 Å². The molecule has 7 nitrogen and oxygen atoms in total. The lowest BCUT2D eigenvalue weighted by Gasteiger charge is -2.18. The molecule has 2 aromatic rings. The predicted molar refractivity (Wildman–Crippen MR) is 94.8 cm³/mol. The smallest absolute Gasteiger partial charge is 0.249 e. The van der Waals surface area contributed by atoms with Crippen molar-refractivity contribution in [1.29, 1.82) is 0 Å². The first-order valence-corrected chi connectivity index (χ1v) is 8.66. The van der Waals surface area contributed by atoms with Gasteiger partial charge in [0.15, 0.2) is 0 Å². The van der Waals surface area contributed by atoms with Crippen molar-refractivity contribution in [2.45, 2.75) is 45.3 Å². The van der Waals surface area contributed by atoms with E-state index >= 15 is 0 Å². The summed E-state index contributed by atoms with van der Waals surface area (Å²) in [5.74, 6) is -0.657. The molecule has 7 heteroatoms. The average Bonchev–Trinajstić information content (AvgIpc) is 3.22. The van der Waals surface area contributed by atoms with Gasteiger partial charge in [-0.3, -0.25) is 14.7 Å². The van der Waals surface area contributed by atoms with Gasteiger partial charge >= 0.3 is 0 Å². The van der Waals surface area contributed by atoms with Crippen LogP contribution in [0.15, 0.2) is 24.4 Å². The molecule has 1 aromatic carbocycles. The van der Waals surface area contributed by atoms with Crippen LogP contribution in [0.1, 0.15) is 33.1 Å². The average molecular weight is 344 g/mol. The van der Waals surface area contributed by atoms with E-state index in [9.17, 15) is 14.7 Å². The fraction of sp³-hybridized carbons (Fsp3) is 0.500. The second-order valence-electron chi connectivity index (χ2n) is 7.07. The summed E-state index contributed by atoms with van der Waals surface area (Å²) in [6.45, 7) is 3.60. The Labute approximate surface area is 146 Å². The first kappa shape index (κ1) is 17.4. The maximum Gasteiger partial charge on any atom is 0.249 e. The zero-order valence-electron chi connectivity index (χ0n) is 14.5. The topological polar surface area (TPSA) is 107 Å². The lowest BCUT2D eigenvalue weighted by Crippen LogP contribution is -2.42. The Morgan fingerprint density at radius 1 is 1.32 bits per heavy atom. The maximum atomic E-state index is 12.5. The number of nitrogens with zero attached hydrogens (tertiary/aromatic N) is 1. The summed E-state index contributed by atoms with van der Waals surface area (Å²) in [7, 11) is 0. The van der Waals surface area contributed by atoms with Crippen LogP contribution in [0.2, 0.25) is 0 Å². The number of carbonyl (C=O) groups excluding carboxylic acids is 2. The number of amides is 2. The Balaban J connectivity index is 1.54. The molecular weight excluding hydrogens is 320 g/mol. The zero-order chi connectivity index (χ0) is 18.0. The van der Waals surface area contributed by atoms with E-state index < -0.39 is 6.10 Å². The van der Waals surface area contributed by atoms with Crippen LogP contribution in [0.25, 0.3) is 10.9 Å². The number of aliphatic hydroxyl groups is 1. The molecule has 1 aliphatic rings. The quantitative estimate of drug-likeness (QED) is 0.663. The van der Waals surface area contributed by atoms with Crippen molar-refractivity contribution in [3.8, 4) is 0 Å². The number of carbonyl (C=O) groups is 2. The molecule has 2 amide bonds. The molecule has 0 bridgehead atoms. The lowest BCUT2D eigenvalue weighted by molar-refractivity contribution is -0.132. The molecule has 0 saturated heterocycles. The third-order valence-electron chi connectivity index (χ3n) is 4.76. The maximum absolute atomic E-state index is 12.5. The minimum atomic E-state index is -1.01. The molecule has 1 fully saturated rings. The predicted octanol–water partition coefficient (Wildman–Crippen LogP) is 1.80. The third-order valence-corrected chi connectivity index (χ3v) is 4.76. The Kier molecular flexibility index (Phi) is 5.03. The SMILES string of the molecule is CC(C)[C@@H](O)C(=O)N[C@H]1CC[C@@H](C(=O)Nc2ccc3[nH]ncc3c2)C1. The summed E-state index contributed by atoms with van der Waals surface area (Å²) in [5.41, 5.74) is 1.66. The highest BCUT2D eigenvalue weighted by Gasteiger charge is 2.32. The van der Waals surface area contributed by atoms with Gasteiger partial charge in [-0.05, 0) is 43.4 Å².